The number of pyridine rings is 1. The Kier molecular flexibility index (Phi) is 2.80. The van der Waals surface area contributed by atoms with Gasteiger partial charge in [-0.2, -0.15) is 0 Å². The Hall–Kier alpha value is -2.55. The van der Waals surface area contributed by atoms with Crippen LogP contribution in [0.15, 0.2) is 59.5 Å². The van der Waals surface area contributed by atoms with E-state index in [4.69, 9.17) is 4.74 Å². The number of aromatic nitrogens is 1. The van der Waals surface area contributed by atoms with Crippen LogP contribution in [0.5, 0.6) is 5.75 Å². The Morgan fingerprint density at radius 2 is 1.89 bits per heavy atom. The van der Waals surface area contributed by atoms with Gasteiger partial charge in [-0.25, -0.2) is 0 Å². The molecule has 0 saturated carbocycles. The van der Waals surface area contributed by atoms with Gasteiger partial charge in [0.05, 0.1) is 7.11 Å². The molecule has 1 heterocycles. The minimum atomic E-state index is 0.0302. The second-order valence-corrected chi connectivity index (χ2v) is 4.31. The van der Waals surface area contributed by atoms with E-state index in [9.17, 15) is 4.79 Å². The van der Waals surface area contributed by atoms with E-state index in [1.54, 1.807) is 13.3 Å². The van der Waals surface area contributed by atoms with Crippen molar-refractivity contribution in [3.63, 3.8) is 0 Å². The summed E-state index contributed by atoms with van der Waals surface area (Å²) in [5.41, 5.74) is 2.38. The van der Waals surface area contributed by atoms with Gasteiger partial charge in [0, 0.05) is 22.7 Å². The van der Waals surface area contributed by atoms with E-state index in [1.165, 1.54) is 0 Å². The van der Waals surface area contributed by atoms with Crippen LogP contribution in [0.3, 0.4) is 0 Å². The fourth-order valence-corrected chi connectivity index (χ4v) is 2.17. The summed E-state index contributed by atoms with van der Waals surface area (Å²) < 4.78 is 5.19. The van der Waals surface area contributed by atoms with E-state index >= 15 is 0 Å². The quantitative estimate of drug-likeness (QED) is 0.760. The molecule has 0 amide bonds. The molecule has 0 atom stereocenters. The average Bonchev–Trinajstić information content (AvgIpc) is 2.48. The van der Waals surface area contributed by atoms with Crippen LogP contribution in [0.2, 0.25) is 0 Å². The van der Waals surface area contributed by atoms with Gasteiger partial charge in [-0.05, 0) is 29.8 Å². The highest BCUT2D eigenvalue weighted by Crippen LogP contribution is 2.22. The average molecular weight is 251 g/mol. The number of benzene rings is 2. The largest absolute Gasteiger partial charge is 0.497 e. The lowest BCUT2D eigenvalue weighted by molar-refractivity contribution is 0.415. The number of ether oxygens (including phenoxy) is 1. The molecule has 0 aliphatic rings. The Morgan fingerprint density at radius 1 is 1.05 bits per heavy atom. The van der Waals surface area contributed by atoms with Crippen molar-refractivity contribution in [1.29, 1.82) is 0 Å². The zero-order valence-corrected chi connectivity index (χ0v) is 10.5. The molecule has 0 aliphatic heterocycles. The number of nitrogens with one attached hydrogen (secondary N) is 1. The topological polar surface area (TPSA) is 42.1 Å². The van der Waals surface area contributed by atoms with Gasteiger partial charge < -0.3 is 9.72 Å². The first kappa shape index (κ1) is 11.5. The minimum Gasteiger partial charge on any atom is -0.497 e. The normalized spacial score (nSPS) is 10.6. The number of H-pyrrole nitrogens is 1. The number of para-hydroxylation sites is 1. The van der Waals surface area contributed by atoms with E-state index in [0.717, 1.165) is 16.8 Å². The molecule has 0 aliphatic carbocycles. The fourth-order valence-electron chi connectivity index (χ4n) is 2.17. The molecule has 19 heavy (non-hydrogen) atoms. The summed E-state index contributed by atoms with van der Waals surface area (Å²) in [5.74, 6) is 0.741. The number of fused-ring (bicyclic) bond motifs is 1. The van der Waals surface area contributed by atoms with Crippen LogP contribution in [0.1, 0.15) is 0 Å². The summed E-state index contributed by atoms with van der Waals surface area (Å²) in [6.45, 7) is 0. The molecule has 3 heteroatoms. The molecule has 0 bridgehead atoms. The predicted octanol–water partition coefficient (Wildman–Crippen LogP) is 3.20. The summed E-state index contributed by atoms with van der Waals surface area (Å²) in [6, 6.07) is 15.0. The third-order valence-electron chi connectivity index (χ3n) is 3.17. The van der Waals surface area contributed by atoms with Crippen molar-refractivity contribution in [2.45, 2.75) is 0 Å². The minimum absolute atomic E-state index is 0.0302. The van der Waals surface area contributed by atoms with Crippen LogP contribution in [-0.4, -0.2) is 12.1 Å². The first-order valence-electron chi connectivity index (χ1n) is 6.04. The van der Waals surface area contributed by atoms with Crippen molar-refractivity contribution >= 4 is 10.9 Å². The van der Waals surface area contributed by atoms with Crippen LogP contribution in [0.4, 0.5) is 0 Å². The molecule has 3 aromatic rings. The number of hydrogen-bond donors (Lipinski definition) is 1. The second-order valence-electron chi connectivity index (χ2n) is 4.31. The van der Waals surface area contributed by atoms with Gasteiger partial charge >= 0.3 is 0 Å². The lowest BCUT2D eigenvalue weighted by atomic mass is 10.0. The van der Waals surface area contributed by atoms with Crippen molar-refractivity contribution in [3.05, 3.63) is 65.0 Å². The maximum Gasteiger partial charge on any atom is 0.197 e. The van der Waals surface area contributed by atoms with E-state index in [2.05, 4.69) is 4.98 Å². The highest BCUT2D eigenvalue weighted by atomic mass is 16.5. The molecule has 0 radical (unpaired) electrons. The molecular formula is C16H13NO2. The van der Waals surface area contributed by atoms with Gasteiger partial charge in [0.1, 0.15) is 5.75 Å². The SMILES string of the molecule is COc1cccc(-c2c[nH]c3ccccc3c2=O)c1. The summed E-state index contributed by atoms with van der Waals surface area (Å²) in [6.07, 6.45) is 1.75. The van der Waals surface area contributed by atoms with Gasteiger partial charge in [0.15, 0.2) is 5.43 Å². The third-order valence-corrected chi connectivity index (χ3v) is 3.17. The van der Waals surface area contributed by atoms with E-state index < -0.39 is 0 Å². The molecule has 3 rings (SSSR count). The lowest BCUT2D eigenvalue weighted by Crippen LogP contribution is -2.06. The van der Waals surface area contributed by atoms with Gasteiger partial charge in [0.2, 0.25) is 0 Å². The Bertz CT molecular complexity index is 790. The van der Waals surface area contributed by atoms with Gasteiger partial charge in [-0.3, -0.25) is 4.79 Å². The third kappa shape index (κ3) is 1.99. The van der Waals surface area contributed by atoms with Crippen LogP contribution in [-0.2, 0) is 0 Å². The first-order chi connectivity index (χ1) is 9.29. The molecule has 0 spiro atoms. The smallest absolute Gasteiger partial charge is 0.197 e. The molecule has 2 aromatic carbocycles. The summed E-state index contributed by atoms with van der Waals surface area (Å²) in [5, 5.41) is 0.697. The predicted molar refractivity (Wildman–Crippen MR) is 76.6 cm³/mol. The zero-order chi connectivity index (χ0) is 13.2. The number of aromatic amines is 1. The molecule has 3 nitrogen and oxygen atoms in total. The number of hydrogen-bond acceptors (Lipinski definition) is 2. The number of rotatable bonds is 2. The Morgan fingerprint density at radius 3 is 2.74 bits per heavy atom. The highest BCUT2D eigenvalue weighted by molar-refractivity contribution is 5.83. The van der Waals surface area contributed by atoms with Crippen LogP contribution < -0.4 is 10.2 Å². The molecule has 1 N–H and O–H groups in total. The van der Waals surface area contributed by atoms with Gasteiger partial charge in [0.25, 0.3) is 0 Å². The second kappa shape index (κ2) is 4.61. The monoisotopic (exact) mass is 251 g/mol. The first-order valence-corrected chi connectivity index (χ1v) is 6.04. The molecule has 1 aromatic heterocycles. The van der Waals surface area contributed by atoms with E-state index in [0.29, 0.717) is 10.9 Å². The standard InChI is InChI=1S/C16H13NO2/c1-19-12-6-4-5-11(9-12)14-10-17-15-8-3-2-7-13(15)16(14)18/h2-10H,1H3,(H,17,18). The Labute approximate surface area is 110 Å². The summed E-state index contributed by atoms with van der Waals surface area (Å²) >= 11 is 0. The molecule has 94 valence electrons. The van der Waals surface area contributed by atoms with Crippen molar-refractivity contribution in [3.8, 4) is 16.9 Å². The van der Waals surface area contributed by atoms with Crippen molar-refractivity contribution in [2.75, 3.05) is 7.11 Å². The van der Waals surface area contributed by atoms with E-state index in [-0.39, 0.29) is 5.43 Å². The maximum absolute atomic E-state index is 12.5. The molecular weight excluding hydrogens is 238 g/mol. The molecule has 0 unspecified atom stereocenters. The van der Waals surface area contributed by atoms with E-state index in [1.807, 2.05) is 48.5 Å². The maximum atomic E-state index is 12.5. The van der Waals surface area contributed by atoms with Crippen molar-refractivity contribution in [1.82, 2.24) is 4.98 Å². The number of methoxy groups -OCH3 is 1. The summed E-state index contributed by atoms with van der Waals surface area (Å²) in [7, 11) is 1.61. The Balaban J connectivity index is 2.25. The summed E-state index contributed by atoms with van der Waals surface area (Å²) in [4.78, 5) is 15.6. The molecule has 0 fully saturated rings. The van der Waals surface area contributed by atoms with Crippen molar-refractivity contribution < 1.29 is 4.74 Å². The van der Waals surface area contributed by atoms with Gasteiger partial charge in [-0.1, -0.05) is 24.3 Å². The van der Waals surface area contributed by atoms with Crippen molar-refractivity contribution in [2.24, 2.45) is 0 Å². The fraction of sp³-hybridized carbons (Fsp3) is 0.0625. The van der Waals surface area contributed by atoms with Crippen LogP contribution in [0.25, 0.3) is 22.0 Å². The van der Waals surface area contributed by atoms with Crippen LogP contribution >= 0.6 is 0 Å². The van der Waals surface area contributed by atoms with Crippen LogP contribution in [0, 0.1) is 0 Å². The molecule has 0 saturated heterocycles. The highest BCUT2D eigenvalue weighted by Gasteiger charge is 2.07. The zero-order valence-electron chi connectivity index (χ0n) is 10.5. The van der Waals surface area contributed by atoms with Gasteiger partial charge in [-0.15, -0.1) is 0 Å². The lowest BCUT2D eigenvalue weighted by Gasteiger charge is -2.05.